The molecule has 0 unspecified atom stereocenters. The Labute approximate surface area is 163 Å². The van der Waals surface area contributed by atoms with E-state index >= 15 is 0 Å². The van der Waals surface area contributed by atoms with E-state index in [0.29, 0.717) is 24.1 Å². The van der Waals surface area contributed by atoms with Crippen molar-refractivity contribution in [2.45, 2.75) is 37.6 Å². The van der Waals surface area contributed by atoms with Crippen LogP contribution in [-0.2, 0) is 15.6 Å². The Morgan fingerprint density at radius 1 is 1.00 bits per heavy atom. The highest BCUT2D eigenvalue weighted by atomic mass is 32.2. The van der Waals surface area contributed by atoms with Crippen molar-refractivity contribution in [1.82, 2.24) is 5.32 Å². The lowest BCUT2D eigenvalue weighted by Crippen LogP contribution is -2.47. The molecule has 1 aliphatic rings. The maximum absolute atomic E-state index is 14.5. The van der Waals surface area contributed by atoms with Gasteiger partial charge in [0.25, 0.3) is 5.91 Å². The van der Waals surface area contributed by atoms with Crippen LogP contribution < -0.4 is 10.0 Å². The minimum atomic E-state index is -3.41. The molecule has 3 rings (SSSR count). The van der Waals surface area contributed by atoms with Crippen LogP contribution in [0.5, 0.6) is 0 Å². The van der Waals surface area contributed by atoms with Crippen LogP contribution in [0.2, 0.25) is 0 Å². The van der Waals surface area contributed by atoms with Crippen molar-refractivity contribution < 1.29 is 22.0 Å². The van der Waals surface area contributed by atoms with Crippen molar-refractivity contribution in [2.24, 2.45) is 0 Å². The first kappa shape index (κ1) is 20.3. The number of amides is 1. The third kappa shape index (κ3) is 4.67. The van der Waals surface area contributed by atoms with Crippen LogP contribution in [0.3, 0.4) is 0 Å². The highest BCUT2D eigenvalue weighted by Crippen LogP contribution is 2.38. The Bertz CT molecular complexity index is 969. The Kier molecular flexibility index (Phi) is 5.69. The zero-order valence-corrected chi connectivity index (χ0v) is 16.3. The quantitative estimate of drug-likeness (QED) is 0.787. The molecule has 2 aromatic carbocycles. The van der Waals surface area contributed by atoms with Crippen molar-refractivity contribution in [3.8, 4) is 0 Å². The van der Waals surface area contributed by atoms with Crippen LogP contribution in [0.15, 0.2) is 42.5 Å². The lowest BCUT2D eigenvalue weighted by molar-refractivity contribution is 0.0863. The fourth-order valence-electron chi connectivity index (χ4n) is 3.69. The summed E-state index contributed by atoms with van der Waals surface area (Å²) in [5.74, 6) is -1.72. The molecule has 2 N–H and O–H groups in total. The first-order valence-electron chi connectivity index (χ1n) is 9.04. The van der Waals surface area contributed by atoms with Crippen LogP contribution >= 0.6 is 0 Å². The van der Waals surface area contributed by atoms with Gasteiger partial charge in [-0.25, -0.2) is 17.2 Å². The second-order valence-corrected chi connectivity index (χ2v) is 8.92. The Morgan fingerprint density at radius 3 is 2.21 bits per heavy atom. The molecule has 1 amide bonds. The number of benzene rings is 2. The zero-order valence-electron chi connectivity index (χ0n) is 15.5. The molecule has 0 aromatic heterocycles. The van der Waals surface area contributed by atoms with E-state index in [9.17, 15) is 22.0 Å². The summed E-state index contributed by atoms with van der Waals surface area (Å²) in [7, 11) is -3.41. The van der Waals surface area contributed by atoms with Gasteiger partial charge in [-0.2, -0.15) is 0 Å². The summed E-state index contributed by atoms with van der Waals surface area (Å²) in [5, 5.41) is 2.95. The van der Waals surface area contributed by atoms with Gasteiger partial charge < -0.3 is 5.32 Å². The zero-order chi connectivity index (χ0) is 20.4. The molecule has 1 fully saturated rings. The SMILES string of the molecule is CS(=O)(=O)Nc1ccc(C(=O)NC2(c3ccc(F)cc3F)CCCCC2)cc1. The predicted molar refractivity (Wildman–Crippen MR) is 103 cm³/mol. The first-order valence-corrected chi connectivity index (χ1v) is 10.9. The van der Waals surface area contributed by atoms with E-state index in [1.165, 1.54) is 36.4 Å². The summed E-state index contributed by atoms with van der Waals surface area (Å²) in [4.78, 5) is 12.8. The summed E-state index contributed by atoms with van der Waals surface area (Å²) in [5.41, 5.74) is 0.0661. The molecule has 0 aliphatic heterocycles. The van der Waals surface area contributed by atoms with E-state index in [4.69, 9.17) is 0 Å². The van der Waals surface area contributed by atoms with Crippen molar-refractivity contribution in [2.75, 3.05) is 11.0 Å². The lowest BCUT2D eigenvalue weighted by Gasteiger charge is -2.39. The van der Waals surface area contributed by atoms with Crippen LogP contribution in [0, 0.1) is 11.6 Å². The molecule has 150 valence electrons. The number of hydrogen-bond donors (Lipinski definition) is 2. The minimum absolute atomic E-state index is 0.289. The highest BCUT2D eigenvalue weighted by Gasteiger charge is 2.37. The summed E-state index contributed by atoms with van der Waals surface area (Å²) in [6, 6.07) is 9.41. The molecular weight excluding hydrogens is 386 g/mol. The van der Waals surface area contributed by atoms with E-state index in [0.717, 1.165) is 31.6 Å². The molecule has 0 spiro atoms. The van der Waals surface area contributed by atoms with Gasteiger partial charge in [0.1, 0.15) is 11.6 Å². The molecule has 1 aliphatic carbocycles. The summed E-state index contributed by atoms with van der Waals surface area (Å²) in [6.07, 6.45) is 4.82. The van der Waals surface area contributed by atoms with Crippen LogP contribution in [0.1, 0.15) is 48.0 Å². The average molecular weight is 408 g/mol. The van der Waals surface area contributed by atoms with Gasteiger partial charge in [0.05, 0.1) is 11.8 Å². The van der Waals surface area contributed by atoms with Gasteiger partial charge in [-0.15, -0.1) is 0 Å². The molecule has 2 aromatic rings. The number of rotatable bonds is 5. The molecule has 0 bridgehead atoms. The summed E-state index contributed by atoms with van der Waals surface area (Å²) >= 11 is 0. The molecule has 0 atom stereocenters. The second-order valence-electron chi connectivity index (χ2n) is 7.17. The molecule has 1 saturated carbocycles. The Balaban J connectivity index is 1.86. The number of hydrogen-bond acceptors (Lipinski definition) is 3. The number of carbonyl (C=O) groups is 1. The Morgan fingerprint density at radius 2 is 1.64 bits per heavy atom. The normalized spacial score (nSPS) is 16.4. The molecule has 5 nitrogen and oxygen atoms in total. The summed E-state index contributed by atoms with van der Waals surface area (Å²) in [6.45, 7) is 0. The van der Waals surface area contributed by atoms with Crippen molar-refractivity contribution in [3.05, 3.63) is 65.2 Å². The molecule has 0 saturated heterocycles. The number of carbonyl (C=O) groups excluding carboxylic acids is 1. The third-order valence-corrected chi connectivity index (χ3v) is 5.56. The summed E-state index contributed by atoms with van der Waals surface area (Å²) < 4.78 is 52.7. The van der Waals surface area contributed by atoms with Gasteiger partial charge >= 0.3 is 0 Å². The van der Waals surface area contributed by atoms with E-state index in [1.54, 1.807) is 0 Å². The van der Waals surface area contributed by atoms with Crippen molar-refractivity contribution >= 4 is 21.6 Å². The minimum Gasteiger partial charge on any atom is -0.342 e. The van der Waals surface area contributed by atoms with Gasteiger partial charge in [0.15, 0.2) is 0 Å². The van der Waals surface area contributed by atoms with E-state index in [1.807, 2.05) is 0 Å². The van der Waals surface area contributed by atoms with Crippen LogP contribution in [0.4, 0.5) is 14.5 Å². The molecule has 28 heavy (non-hydrogen) atoms. The Hall–Kier alpha value is -2.48. The van der Waals surface area contributed by atoms with Crippen molar-refractivity contribution in [1.29, 1.82) is 0 Å². The number of anilines is 1. The lowest BCUT2D eigenvalue weighted by atomic mass is 9.76. The number of nitrogens with one attached hydrogen (secondary N) is 2. The topological polar surface area (TPSA) is 75.3 Å². The first-order chi connectivity index (χ1) is 13.2. The largest absolute Gasteiger partial charge is 0.342 e. The molecule has 8 heteroatoms. The molecule has 0 heterocycles. The van der Waals surface area contributed by atoms with Crippen molar-refractivity contribution in [3.63, 3.8) is 0 Å². The standard InChI is InChI=1S/C20H22F2N2O3S/c1-28(26,27)24-16-8-5-14(6-9-16)19(25)23-20(11-3-2-4-12-20)17-10-7-15(21)13-18(17)22/h5-10,13,24H,2-4,11-12H2,1H3,(H,23,25). The average Bonchev–Trinajstić information content (AvgIpc) is 2.61. The monoisotopic (exact) mass is 408 g/mol. The smallest absolute Gasteiger partial charge is 0.251 e. The number of halogens is 2. The van der Waals surface area contributed by atoms with Gasteiger partial charge in [-0.3, -0.25) is 9.52 Å². The van der Waals surface area contributed by atoms with Gasteiger partial charge in [0, 0.05) is 22.9 Å². The van der Waals surface area contributed by atoms with Gasteiger partial charge in [0.2, 0.25) is 10.0 Å². The fourth-order valence-corrected chi connectivity index (χ4v) is 4.25. The maximum Gasteiger partial charge on any atom is 0.251 e. The third-order valence-electron chi connectivity index (χ3n) is 4.96. The van der Waals surface area contributed by atoms with Crippen LogP contribution in [0.25, 0.3) is 0 Å². The van der Waals surface area contributed by atoms with Gasteiger partial charge in [-0.1, -0.05) is 25.3 Å². The van der Waals surface area contributed by atoms with Crippen LogP contribution in [-0.4, -0.2) is 20.6 Å². The molecular formula is C20H22F2N2O3S. The number of sulfonamides is 1. The highest BCUT2D eigenvalue weighted by molar-refractivity contribution is 7.92. The van der Waals surface area contributed by atoms with E-state index in [-0.39, 0.29) is 5.56 Å². The molecule has 0 radical (unpaired) electrons. The van der Waals surface area contributed by atoms with E-state index in [2.05, 4.69) is 10.0 Å². The predicted octanol–water partition coefficient (Wildman–Crippen LogP) is 3.93. The second kappa shape index (κ2) is 7.87. The maximum atomic E-state index is 14.5. The fraction of sp³-hybridized carbons (Fsp3) is 0.350. The van der Waals surface area contributed by atoms with E-state index < -0.39 is 33.1 Å². The van der Waals surface area contributed by atoms with Gasteiger partial charge in [-0.05, 0) is 43.2 Å².